The van der Waals surface area contributed by atoms with Crippen LogP contribution in [0.1, 0.15) is 30.3 Å². The zero-order chi connectivity index (χ0) is 17.2. The SMILES string of the molecule is O=C(O)C1CCCN1C(c1ccccn1)c1ccc2ccccc2n1. The van der Waals surface area contributed by atoms with E-state index in [1.165, 1.54) is 0 Å². The van der Waals surface area contributed by atoms with Gasteiger partial charge in [-0.15, -0.1) is 0 Å². The van der Waals surface area contributed by atoms with Gasteiger partial charge in [0.2, 0.25) is 0 Å². The van der Waals surface area contributed by atoms with Gasteiger partial charge in [-0.2, -0.15) is 0 Å². The van der Waals surface area contributed by atoms with Gasteiger partial charge in [0.25, 0.3) is 0 Å². The van der Waals surface area contributed by atoms with Gasteiger partial charge in [-0.1, -0.05) is 30.3 Å². The number of fused-ring (bicyclic) bond motifs is 1. The molecule has 5 heteroatoms. The summed E-state index contributed by atoms with van der Waals surface area (Å²) in [4.78, 5) is 23.0. The van der Waals surface area contributed by atoms with Crippen LogP contribution in [0.2, 0.25) is 0 Å². The molecule has 0 aliphatic carbocycles. The quantitative estimate of drug-likeness (QED) is 0.794. The molecule has 1 fully saturated rings. The number of carboxylic acid groups (broad SMARTS) is 1. The molecule has 1 aliphatic heterocycles. The zero-order valence-corrected chi connectivity index (χ0v) is 13.7. The lowest BCUT2D eigenvalue weighted by Crippen LogP contribution is -2.39. The maximum Gasteiger partial charge on any atom is 0.320 e. The second kappa shape index (κ2) is 6.61. The molecular formula is C20H19N3O2. The number of carbonyl (C=O) groups is 1. The van der Waals surface area contributed by atoms with Crippen molar-refractivity contribution in [3.8, 4) is 0 Å². The molecule has 0 amide bonds. The van der Waals surface area contributed by atoms with Crippen molar-refractivity contribution in [2.45, 2.75) is 24.9 Å². The van der Waals surface area contributed by atoms with Crippen molar-refractivity contribution in [2.75, 3.05) is 6.54 Å². The van der Waals surface area contributed by atoms with E-state index in [9.17, 15) is 9.90 Å². The average molecular weight is 333 g/mol. The van der Waals surface area contributed by atoms with Crippen LogP contribution in [0.5, 0.6) is 0 Å². The number of likely N-dealkylation sites (tertiary alicyclic amines) is 1. The molecule has 0 spiro atoms. The number of nitrogens with zero attached hydrogens (tertiary/aromatic N) is 3. The largest absolute Gasteiger partial charge is 0.480 e. The van der Waals surface area contributed by atoms with E-state index in [0.717, 1.165) is 35.3 Å². The van der Waals surface area contributed by atoms with Gasteiger partial charge >= 0.3 is 5.97 Å². The summed E-state index contributed by atoms with van der Waals surface area (Å²) in [5, 5.41) is 10.7. The van der Waals surface area contributed by atoms with Crippen molar-refractivity contribution in [1.29, 1.82) is 0 Å². The zero-order valence-electron chi connectivity index (χ0n) is 13.7. The van der Waals surface area contributed by atoms with E-state index in [2.05, 4.69) is 4.98 Å². The third-order valence-electron chi connectivity index (χ3n) is 4.78. The summed E-state index contributed by atoms with van der Waals surface area (Å²) in [6.07, 6.45) is 3.27. The normalized spacial score (nSPS) is 19.1. The van der Waals surface area contributed by atoms with E-state index >= 15 is 0 Å². The van der Waals surface area contributed by atoms with Crippen molar-refractivity contribution in [2.24, 2.45) is 0 Å². The number of pyridine rings is 2. The fourth-order valence-electron chi connectivity index (χ4n) is 3.63. The van der Waals surface area contributed by atoms with E-state index in [-0.39, 0.29) is 6.04 Å². The highest BCUT2D eigenvalue weighted by Gasteiger charge is 2.38. The van der Waals surface area contributed by atoms with Gasteiger partial charge in [0.05, 0.1) is 22.9 Å². The van der Waals surface area contributed by atoms with Crippen LogP contribution in [0.4, 0.5) is 0 Å². The lowest BCUT2D eigenvalue weighted by atomic mass is 10.0. The second-order valence-corrected chi connectivity index (χ2v) is 6.32. The molecule has 1 aliphatic rings. The Hall–Kier alpha value is -2.79. The number of para-hydroxylation sites is 1. The van der Waals surface area contributed by atoms with Crippen molar-refractivity contribution in [3.63, 3.8) is 0 Å². The minimum Gasteiger partial charge on any atom is -0.480 e. The molecule has 1 aromatic carbocycles. The topological polar surface area (TPSA) is 66.3 Å². The van der Waals surface area contributed by atoms with E-state index in [4.69, 9.17) is 4.98 Å². The second-order valence-electron chi connectivity index (χ2n) is 6.32. The number of aromatic nitrogens is 2. The average Bonchev–Trinajstić information content (AvgIpc) is 3.12. The number of hydrogen-bond donors (Lipinski definition) is 1. The maximum absolute atomic E-state index is 11.7. The molecule has 2 atom stereocenters. The summed E-state index contributed by atoms with van der Waals surface area (Å²) in [6, 6.07) is 17.0. The molecule has 3 heterocycles. The molecule has 0 saturated carbocycles. The molecule has 1 saturated heterocycles. The van der Waals surface area contributed by atoms with Crippen LogP contribution in [0.25, 0.3) is 10.9 Å². The summed E-state index contributed by atoms with van der Waals surface area (Å²) < 4.78 is 0. The van der Waals surface area contributed by atoms with Gasteiger partial charge in [-0.05, 0) is 37.1 Å². The Morgan fingerprint density at radius 1 is 1.08 bits per heavy atom. The first-order chi connectivity index (χ1) is 12.2. The van der Waals surface area contributed by atoms with Gasteiger partial charge < -0.3 is 5.11 Å². The fourth-order valence-corrected chi connectivity index (χ4v) is 3.63. The molecular weight excluding hydrogens is 314 g/mol. The van der Waals surface area contributed by atoms with Crippen LogP contribution >= 0.6 is 0 Å². The van der Waals surface area contributed by atoms with Crippen LogP contribution < -0.4 is 0 Å². The van der Waals surface area contributed by atoms with Gasteiger partial charge in [0, 0.05) is 18.1 Å². The number of aliphatic carboxylic acids is 1. The first-order valence-electron chi connectivity index (χ1n) is 8.49. The third-order valence-corrected chi connectivity index (χ3v) is 4.78. The van der Waals surface area contributed by atoms with Crippen LogP contribution in [0.15, 0.2) is 60.8 Å². The summed E-state index contributed by atoms with van der Waals surface area (Å²) >= 11 is 0. The van der Waals surface area contributed by atoms with Crippen LogP contribution in [0.3, 0.4) is 0 Å². The van der Waals surface area contributed by atoms with Gasteiger partial charge in [0.15, 0.2) is 0 Å². The first-order valence-corrected chi connectivity index (χ1v) is 8.49. The molecule has 4 rings (SSSR count). The molecule has 1 N–H and O–H groups in total. The Balaban J connectivity index is 1.83. The number of benzene rings is 1. The lowest BCUT2D eigenvalue weighted by Gasteiger charge is -2.30. The smallest absolute Gasteiger partial charge is 0.320 e. The standard InChI is InChI=1S/C20H19N3O2/c24-20(25)18-9-5-13-23(18)19(16-8-3-4-12-21-16)17-11-10-14-6-1-2-7-15(14)22-17/h1-4,6-8,10-12,18-19H,5,9,13H2,(H,24,25). The number of carboxylic acids is 1. The highest BCUT2D eigenvalue weighted by molar-refractivity contribution is 5.78. The van der Waals surface area contributed by atoms with Gasteiger partial charge in [-0.25, -0.2) is 0 Å². The molecule has 5 nitrogen and oxygen atoms in total. The Bertz CT molecular complexity index is 898. The summed E-state index contributed by atoms with van der Waals surface area (Å²) in [5.41, 5.74) is 2.58. The Morgan fingerprint density at radius 3 is 2.72 bits per heavy atom. The van der Waals surface area contributed by atoms with Gasteiger partial charge in [-0.3, -0.25) is 19.7 Å². The monoisotopic (exact) mass is 333 g/mol. The third kappa shape index (κ3) is 2.98. The van der Waals surface area contributed by atoms with Crippen molar-refractivity contribution in [3.05, 3.63) is 72.2 Å². The summed E-state index contributed by atoms with van der Waals surface area (Å²) in [5.74, 6) is -0.778. The number of rotatable bonds is 4. The highest BCUT2D eigenvalue weighted by atomic mass is 16.4. The van der Waals surface area contributed by atoms with Gasteiger partial charge in [0.1, 0.15) is 6.04 Å². The molecule has 2 aromatic heterocycles. The minimum absolute atomic E-state index is 0.255. The van der Waals surface area contributed by atoms with E-state index in [1.807, 2.05) is 59.5 Å². The molecule has 0 radical (unpaired) electrons. The Kier molecular flexibility index (Phi) is 4.15. The number of hydrogen-bond acceptors (Lipinski definition) is 4. The molecule has 0 bridgehead atoms. The van der Waals surface area contributed by atoms with Crippen molar-refractivity contribution in [1.82, 2.24) is 14.9 Å². The van der Waals surface area contributed by atoms with Crippen molar-refractivity contribution >= 4 is 16.9 Å². The minimum atomic E-state index is -0.778. The van der Waals surface area contributed by atoms with E-state index in [1.54, 1.807) is 6.20 Å². The molecule has 25 heavy (non-hydrogen) atoms. The molecule has 2 unspecified atom stereocenters. The summed E-state index contributed by atoms with van der Waals surface area (Å²) in [7, 11) is 0. The van der Waals surface area contributed by atoms with Crippen LogP contribution in [-0.4, -0.2) is 38.5 Å². The predicted octanol–water partition coefficient (Wildman–Crippen LogP) is 3.27. The van der Waals surface area contributed by atoms with Crippen LogP contribution in [-0.2, 0) is 4.79 Å². The van der Waals surface area contributed by atoms with Crippen molar-refractivity contribution < 1.29 is 9.90 Å². The molecule has 3 aromatic rings. The molecule has 126 valence electrons. The lowest BCUT2D eigenvalue weighted by molar-refractivity contribution is -0.142. The van der Waals surface area contributed by atoms with E-state index < -0.39 is 12.0 Å². The Morgan fingerprint density at radius 2 is 1.92 bits per heavy atom. The maximum atomic E-state index is 11.7. The van der Waals surface area contributed by atoms with E-state index in [0.29, 0.717) is 6.42 Å². The Labute approximate surface area is 146 Å². The first kappa shape index (κ1) is 15.7. The predicted molar refractivity (Wildman–Crippen MR) is 95.2 cm³/mol. The van der Waals surface area contributed by atoms with Crippen LogP contribution in [0, 0.1) is 0 Å². The summed E-state index contributed by atoms with van der Waals surface area (Å²) in [6.45, 7) is 0.729. The highest BCUT2D eigenvalue weighted by Crippen LogP contribution is 2.33. The fraction of sp³-hybridized carbons (Fsp3) is 0.250.